The number of rotatable bonds is 4. The van der Waals surface area contributed by atoms with Crippen molar-refractivity contribution in [1.82, 2.24) is 5.06 Å². The molecule has 0 spiro atoms. The first-order valence-corrected chi connectivity index (χ1v) is 6.65. The summed E-state index contributed by atoms with van der Waals surface area (Å²) in [4.78, 5) is 28.0. The quantitative estimate of drug-likeness (QED) is 0.444. The molecular weight excluding hydrogens is 246 g/mol. The van der Waals surface area contributed by atoms with Gasteiger partial charge in [-0.15, -0.1) is 5.06 Å². The molecule has 1 rings (SSSR count). The van der Waals surface area contributed by atoms with E-state index in [1.54, 1.807) is 5.06 Å². The van der Waals surface area contributed by atoms with Gasteiger partial charge in [-0.2, -0.15) is 0 Å². The standard InChI is InChI=1S/C14H23NO4/c1-5-18-12(10-16)11-6-8-15(9-7-11)19-13(17)14(2,3)4/h10H,5-9H2,1-4H3. The molecule has 108 valence electrons. The van der Waals surface area contributed by atoms with Gasteiger partial charge in [-0.25, -0.2) is 4.79 Å². The molecule has 1 aliphatic heterocycles. The van der Waals surface area contributed by atoms with Gasteiger partial charge in [-0.05, 0) is 46.1 Å². The average molecular weight is 269 g/mol. The van der Waals surface area contributed by atoms with Crippen LogP contribution in [0.25, 0.3) is 0 Å². The van der Waals surface area contributed by atoms with Crippen molar-refractivity contribution < 1.29 is 19.2 Å². The van der Waals surface area contributed by atoms with Crippen LogP contribution in [0, 0.1) is 5.41 Å². The molecule has 0 unspecified atom stereocenters. The summed E-state index contributed by atoms with van der Waals surface area (Å²) in [6, 6.07) is 0. The summed E-state index contributed by atoms with van der Waals surface area (Å²) in [6.07, 6.45) is 2.13. The number of ether oxygens (including phenoxy) is 1. The van der Waals surface area contributed by atoms with Crippen molar-refractivity contribution in [2.75, 3.05) is 19.7 Å². The molecule has 0 aromatic heterocycles. The monoisotopic (exact) mass is 269 g/mol. The second-order valence-electron chi connectivity index (χ2n) is 5.58. The fourth-order valence-electron chi connectivity index (χ4n) is 1.72. The SMILES string of the molecule is CCOC(C=O)=C1CCN(OC(=O)C(C)(C)C)CC1. The zero-order chi connectivity index (χ0) is 14.5. The second-order valence-corrected chi connectivity index (χ2v) is 5.58. The molecule has 19 heavy (non-hydrogen) atoms. The molecule has 5 nitrogen and oxygen atoms in total. The van der Waals surface area contributed by atoms with Gasteiger partial charge in [-0.3, -0.25) is 4.79 Å². The van der Waals surface area contributed by atoms with Gasteiger partial charge in [0.1, 0.15) is 0 Å². The summed E-state index contributed by atoms with van der Waals surface area (Å²) in [5.41, 5.74) is 0.495. The Labute approximate surface area is 114 Å². The molecule has 1 saturated heterocycles. The number of piperidine rings is 1. The van der Waals surface area contributed by atoms with E-state index in [2.05, 4.69) is 0 Å². The molecule has 0 aromatic rings. The lowest BCUT2D eigenvalue weighted by atomic mass is 9.98. The minimum atomic E-state index is -0.505. The van der Waals surface area contributed by atoms with Gasteiger partial charge in [0, 0.05) is 13.1 Å². The molecular formula is C14H23NO4. The van der Waals surface area contributed by atoms with Crippen LogP contribution >= 0.6 is 0 Å². The molecule has 0 amide bonds. The van der Waals surface area contributed by atoms with E-state index >= 15 is 0 Å². The number of carbonyl (C=O) groups is 2. The van der Waals surface area contributed by atoms with Gasteiger partial charge in [0.2, 0.25) is 0 Å². The summed E-state index contributed by atoms with van der Waals surface area (Å²) in [5.74, 6) is 0.199. The highest BCUT2D eigenvalue weighted by Gasteiger charge is 2.27. The number of carbonyl (C=O) groups excluding carboxylic acids is 2. The van der Waals surface area contributed by atoms with Gasteiger partial charge < -0.3 is 9.57 Å². The molecule has 0 aromatic carbocycles. The summed E-state index contributed by atoms with van der Waals surface area (Å²) in [5, 5.41) is 1.66. The van der Waals surface area contributed by atoms with Crippen molar-refractivity contribution >= 4 is 12.3 Å². The minimum absolute atomic E-state index is 0.236. The lowest BCUT2D eigenvalue weighted by Crippen LogP contribution is -2.37. The topological polar surface area (TPSA) is 55.8 Å². The first-order valence-electron chi connectivity index (χ1n) is 6.65. The van der Waals surface area contributed by atoms with Gasteiger partial charge in [0.05, 0.1) is 12.0 Å². The summed E-state index contributed by atoms with van der Waals surface area (Å²) < 4.78 is 5.29. The first-order chi connectivity index (χ1) is 8.88. The van der Waals surface area contributed by atoms with Crippen molar-refractivity contribution in [2.24, 2.45) is 5.41 Å². The molecule has 5 heteroatoms. The van der Waals surface area contributed by atoms with Crippen LogP contribution in [0.3, 0.4) is 0 Å². The third kappa shape index (κ3) is 4.67. The van der Waals surface area contributed by atoms with E-state index in [-0.39, 0.29) is 5.97 Å². The average Bonchev–Trinajstić information content (AvgIpc) is 2.36. The molecule has 0 bridgehead atoms. The molecule has 1 aliphatic rings. The number of hydrogen-bond donors (Lipinski definition) is 0. The predicted octanol–water partition coefficient (Wildman–Crippen LogP) is 2.08. The Bertz CT molecular complexity index is 358. The van der Waals surface area contributed by atoms with E-state index in [4.69, 9.17) is 9.57 Å². The Morgan fingerprint density at radius 1 is 1.32 bits per heavy atom. The highest BCUT2D eigenvalue weighted by molar-refractivity contribution is 5.75. The number of hydroxylamine groups is 2. The number of aldehydes is 1. The first kappa shape index (κ1) is 15.7. The molecule has 1 fully saturated rings. The van der Waals surface area contributed by atoms with Gasteiger partial charge in [0.25, 0.3) is 0 Å². The zero-order valence-electron chi connectivity index (χ0n) is 12.2. The Kier molecular flexibility index (Phi) is 5.54. The van der Waals surface area contributed by atoms with Crippen LogP contribution in [0.15, 0.2) is 11.3 Å². The molecule has 0 N–H and O–H groups in total. The fourth-order valence-corrected chi connectivity index (χ4v) is 1.72. The van der Waals surface area contributed by atoms with E-state index in [1.165, 1.54) is 0 Å². The van der Waals surface area contributed by atoms with Crippen molar-refractivity contribution in [3.05, 3.63) is 11.3 Å². The number of nitrogens with zero attached hydrogens (tertiary/aromatic N) is 1. The Morgan fingerprint density at radius 3 is 2.32 bits per heavy atom. The van der Waals surface area contributed by atoms with Crippen LogP contribution in [-0.4, -0.2) is 37.0 Å². The predicted molar refractivity (Wildman–Crippen MR) is 71.1 cm³/mol. The van der Waals surface area contributed by atoms with E-state index in [0.717, 1.165) is 11.9 Å². The van der Waals surface area contributed by atoms with Crippen molar-refractivity contribution in [3.8, 4) is 0 Å². The molecule has 0 radical (unpaired) electrons. The molecule has 1 heterocycles. The Balaban J connectivity index is 2.53. The molecule has 0 saturated carbocycles. The van der Waals surface area contributed by atoms with E-state index in [9.17, 15) is 9.59 Å². The smallest absolute Gasteiger partial charge is 0.330 e. The Morgan fingerprint density at radius 2 is 1.89 bits per heavy atom. The van der Waals surface area contributed by atoms with E-state index < -0.39 is 5.41 Å². The number of hydrogen-bond acceptors (Lipinski definition) is 5. The van der Waals surface area contributed by atoms with Crippen LogP contribution in [0.2, 0.25) is 0 Å². The largest absolute Gasteiger partial charge is 0.491 e. The summed E-state index contributed by atoms with van der Waals surface area (Å²) >= 11 is 0. The molecule has 0 aliphatic carbocycles. The Hall–Kier alpha value is -1.36. The van der Waals surface area contributed by atoms with Gasteiger partial charge in [0.15, 0.2) is 12.0 Å². The van der Waals surface area contributed by atoms with Gasteiger partial charge >= 0.3 is 5.97 Å². The van der Waals surface area contributed by atoms with Crippen molar-refractivity contribution in [1.29, 1.82) is 0 Å². The fraction of sp³-hybridized carbons (Fsp3) is 0.714. The maximum absolute atomic E-state index is 11.8. The van der Waals surface area contributed by atoms with Crippen LogP contribution in [0.4, 0.5) is 0 Å². The second kappa shape index (κ2) is 6.70. The van der Waals surface area contributed by atoms with Crippen LogP contribution < -0.4 is 0 Å². The molecule has 0 atom stereocenters. The summed E-state index contributed by atoms with van der Waals surface area (Å²) in [6.45, 7) is 9.01. The van der Waals surface area contributed by atoms with Gasteiger partial charge in [-0.1, -0.05) is 0 Å². The highest BCUT2D eigenvalue weighted by Crippen LogP contribution is 2.22. The lowest BCUT2D eigenvalue weighted by Gasteiger charge is -2.29. The third-order valence-corrected chi connectivity index (χ3v) is 2.91. The minimum Gasteiger partial charge on any atom is -0.491 e. The van der Waals surface area contributed by atoms with Crippen molar-refractivity contribution in [2.45, 2.75) is 40.5 Å². The van der Waals surface area contributed by atoms with Crippen LogP contribution in [0.5, 0.6) is 0 Å². The number of allylic oxidation sites excluding steroid dienone is 1. The lowest BCUT2D eigenvalue weighted by molar-refractivity contribution is -0.202. The van der Waals surface area contributed by atoms with Crippen LogP contribution in [0.1, 0.15) is 40.5 Å². The zero-order valence-corrected chi connectivity index (χ0v) is 12.2. The van der Waals surface area contributed by atoms with E-state index in [0.29, 0.717) is 38.3 Å². The highest BCUT2D eigenvalue weighted by atomic mass is 16.7. The maximum atomic E-state index is 11.8. The maximum Gasteiger partial charge on any atom is 0.330 e. The van der Waals surface area contributed by atoms with Crippen molar-refractivity contribution in [3.63, 3.8) is 0 Å². The van der Waals surface area contributed by atoms with E-state index in [1.807, 2.05) is 27.7 Å². The normalized spacial score (nSPS) is 16.9. The van der Waals surface area contributed by atoms with Crippen LogP contribution in [-0.2, 0) is 19.2 Å². The summed E-state index contributed by atoms with van der Waals surface area (Å²) in [7, 11) is 0. The third-order valence-electron chi connectivity index (χ3n) is 2.91.